The lowest BCUT2D eigenvalue weighted by Gasteiger charge is -2.35. The molecule has 0 radical (unpaired) electrons. The number of aryl methyl sites for hydroxylation is 1. The van der Waals surface area contributed by atoms with Crippen LogP contribution in [0.15, 0.2) is 30.6 Å². The average Bonchev–Trinajstić information content (AvgIpc) is 3.20. The van der Waals surface area contributed by atoms with E-state index in [1.165, 1.54) is 0 Å². The van der Waals surface area contributed by atoms with Crippen LogP contribution in [0.25, 0.3) is 0 Å². The van der Waals surface area contributed by atoms with Gasteiger partial charge in [0.15, 0.2) is 6.10 Å². The van der Waals surface area contributed by atoms with Crippen molar-refractivity contribution in [2.24, 2.45) is 0 Å². The van der Waals surface area contributed by atoms with E-state index in [1.807, 2.05) is 36.4 Å². The number of benzene rings is 1. The van der Waals surface area contributed by atoms with E-state index < -0.39 is 6.10 Å². The van der Waals surface area contributed by atoms with Crippen LogP contribution in [0.5, 0.6) is 5.75 Å². The molecule has 3 heterocycles. The summed E-state index contributed by atoms with van der Waals surface area (Å²) in [7, 11) is 0. The van der Waals surface area contributed by atoms with Gasteiger partial charge in [-0.3, -0.25) is 4.79 Å². The van der Waals surface area contributed by atoms with Crippen molar-refractivity contribution < 1.29 is 9.53 Å². The number of nitrogens with zero attached hydrogens (tertiary/aromatic N) is 3. The Morgan fingerprint density at radius 2 is 2.29 bits per heavy atom. The third-order valence-corrected chi connectivity index (χ3v) is 5.17. The molecule has 2 aliphatic rings. The third-order valence-electron chi connectivity index (χ3n) is 4.94. The van der Waals surface area contributed by atoms with Crippen LogP contribution >= 0.6 is 11.6 Å². The summed E-state index contributed by atoms with van der Waals surface area (Å²) in [5.74, 6) is 1.84. The number of amides is 1. The first-order valence-electron chi connectivity index (χ1n) is 8.35. The second-order valence-corrected chi connectivity index (χ2v) is 6.96. The number of fused-ring (bicyclic) bond motifs is 1. The fraction of sp³-hybridized carbons (Fsp3) is 0.444. The highest BCUT2D eigenvalue weighted by Crippen LogP contribution is 2.32. The van der Waals surface area contributed by atoms with Crippen LogP contribution < -0.4 is 4.74 Å². The molecule has 0 unspecified atom stereocenters. The second-order valence-electron chi connectivity index (χ2n) is 6.52. The van der Waals surface area contributed by atoms with Crippen LogP contribution in [-0.4, -0.2) is 39.6 Å². The van der Waals surface area contributed by atoms with Crippen molar-refractivity contribution in [3.05, 3.63) is 47.0 Å². The fourth-order valence-corrected chi connectivity index (χ4v) is 3.91. The third kappa shape index (κ3) is 2.77. The molecule has 0 saturated carbocycles. The highest BCUT2D eigenvalue weighted by Gasteiger charge is 2.35. The van der Waals surface area contributed by atoms with Crippen LogP contribution in [0.4, 0.5) is 0 Å². The van der Waals surface area contributed by atoms with Gasteiger partial charge in [0.2, 0.25) is 0 Å². The summed E-state index contributed by atoms with van der Waals surface area (Å²) in [5.41, 5.74) is 1.01. The molecule has 1 aromatic heterocycles. The number of carbonyl (C=O) groups is 1. The topological polar surface area (TPSA) is 47.4 Å². The van der Waals surface area contributed by atoms with Crippen LogP contribution in [-0.2, 0) is 11.2 Å². The van der Waals surface area contributed by atoms with Crippen LogP contribution in [0.1, 0.15) is 30.3 Å². The molecule has 2 atom stereocenters. The van der Waals surface area contributed by atoms with Crippen LogP contribution in [0.3, 0.4) is 0 Å². The van der Waals surface area contributed by atoms with Gasteiger partial charge in [0.25, 0.3) is 5.91 Å². The number of aromatic nitrogens is 2. The minimum absolute atomic E-state index is 0.0739. The molecule has 1 aromatic carbocycles. The van der Waals surface area contributed by atoms with E-state index in [-0.39, 0.29) is 5.91 Å². The first-order chi connectivity index (χ1) is 11.6. The number of ether oxygens (including phenoxy) is 1. The summed E-state index contributed by atoms with van der Waals surface area (Å²) in [4.78, 5) is 19.1. The molecule has 1 amide bonds. The lowest BCUT2D eigenvalue weighted by molar-refractivity contribution is -0.139. The van der Waals surface area contributed by atoms with E-state index in [0.29, 0.717) is 24.0 Å². The van der Waals surface area contributed by atoms with Crippen molar-refractivity contribution >= 4 is 17.5 Å². The Morgan fingerprint density at radius 1 is 1.42 bits per heavy atom. The molecule has 1 fully saturated rings. The Hall–Kier alpha value is -2.01. The van der Waals surface area contributed by atoms with E-state index in [4.69, 9.17) is 16.3 Å². The molecule has 5 nitrogen and oxygen atoms in total. The largest absolute Gasteiger partial charge is 0.480 e. The predicted molar refractivity (Wildman–Crippen MR) is 91.4 cm³/mol. The van der Waals surface area contributed by atoms with Gasteiger partial charge < -0.3 is 14.2 Å². The van der Waals surface area contributed by atoms with Gasteiger partial charge in [-0.15, -0.1) is 0 Å². The van der Waals surface area contributed by atoms with Crippen molar-refractivity contribution in [3.63, 3.8) is 0 Å². The summed E-state index contributed by atoms with van der Waals surface area (Å²) in [5, 5.41) is 0.680. The van der Waals surface area contributed by atoms with Gasteiger partial charge in [-0.2, -0.15) is 0 Å². The van der Waals surface area contributed by atoms with E-state index in [2.05, 4.69) is 9.55 Å². The molecule has 1 saturated heterocycles. The maximum absolute atomic E-state index is 12.9. The normalized spacial score (nSPS) is 23.0. The Labute approximate surface area is 146 Å². The molecular weight excluding hydrogens is 326 g/mol. The van der Waals surface area contributed by atoms with Gasteiger partial charge in [-0.1, -0.05) is 11.6 Å². The minimum Gasteiger partial charge on any atom is -0.480 e. The van der Waals surface area contributed by atoms with Gasteiger partial charge in [0.1, 0.15) is 11.6 Å². The number of rotatable bonds is 2. The van der Waals surface area contributed by atoms with Crippen molar-refractivity contribution in [2.45, 2.75) is 38.3 Å². The molecule has 2 aliphatic heterocycles. The summed E-state index contributed by atoms with van der Waals surface area (Å²) in [6.45, 7) is 3.51. The molecule has 24 heavy (non-hydrogen) atoms. The van der Waals surface area contributed by atoms with Crippen molar-refractivity contribution in [1.29, 1.82) is 0 Å². The number of hydrogen-bond acceptors (Lipinski definition) is 3. The molecule has 2 aromatic rings. The summed E-state index contributed by atoms with van der Waals surface area (Å²) < 4.78 is 8.03. The second kappa shape index (κ2) is 6.13. The fourth-order valence-electron chi connectivity index (χ4n) is 3.71. The number of carbonyl (C=O) groups excluding carboxylic acids is 1. The van der Waals surface area contributed by atoms with Crippen LogP contribution in [0, 0.1) is 6.92 Å². The SMILES string of the molecule is Cc1nccn1[C@H]1CCCN(C(=O)[C@@H]2Cc3cc(Cl)ccc3O2)C1. The maximum atomic E-state index is 12.9. The lowest BCUT2D eigenvalue weighted by atomic mass is 10.0. The standard InChI is InChI=1S/C18H20ClN3O2/c1-12-20-6-8-22(12)15-3-2-7-21(11-15)18(23)17-10-13-9-14(19)4-5-16(13)24-17/h4-6,8-9,15,17H,2-3,7,10-11H2,1H3/t15-,17-/m0/s1. The first-order valence-corrected chi connectivity index (χ1v) is 8.73. The van der Waals surface area contributed by atoms with Gasteiger partial charge in [-0.05, 0) is 43.5 Å². The highest BCUT2D eigenvalue weighted by molar-refractivity contribution is 6.30. The zero-order chi connectivity index (χ0) is 16.7. The van der Waals surface area contributed by atoms with Crippen molar-refractivity contribution in [3.8, 4) is 5.75 Å². The molecule has 0 aliphatic carbocycles. The summed E-state index contributed by atoms with van der Waals surface area (Å²) >= 11 is 6.03. The molecular formula is C18H20ClN3O2. The van der Waals surface area contributed by atoms with Gasteiger partial charge >= 0.3 is 0 Å². The van der Waals surface area contributed by atoms with Crippen molar-refractivity contribution in [2.75, 3.05) is 13.1 Å². The Kier molecular flexibility index (Phi) is 3.96. The average molecular weight is 346 g/mol. The highest BCUT2D eigenvalue weighted by atomic mass is 35.5. The monoisotopic (exact) mass is 345 g/mol. The quantitative estimate of drug-likeness (QED) is 0.840. The Morgan fingerprint density at radius 3 is 3.08 bits per heavy atom. The van der Waals surface area contributed by atoms with E-state index in [1.54, 1.807) is 6.07 Å². The smallest absolute Gasteiger partial charge is 0.264 e. The number of piperidine rings is 1. The molecule has 4 rings (SSSR count). The molecule has 6 heteroatoms. The zero-order valence-electron chi connectivity index (χ0n) is 13.6. The lowest BCUT2D eigenvalue weighted by Crippen LogP contribution is -2.46. The molecule has 0 spiro atoms. The van der Waals surface area contributed by atoms with E-state index >= 15 is 0 Å². The van der Waals surface area contributed by atoms with Crippen LogP contribution in [0.2, 0.25) is 5.02 Å². The number of likely N-dealkylation sites (tertiary alicyclic amines) is 1. The van der Waals surface area contributed by atoms with E-state index in [0.717, 1.165) is 36.5 Å². The maximum Gasteiger partial charge on any atom is 0.264 e. The number of hydrogen-bond donors (Lipinski definition) is 0. The minimum atomic E-state index is -0.430. The Bertz CT molecular complexity index is 773. The van der Waals surface area contributed by atoms with Gasteiger partial charge in [0, 0.05) is 36.9 Å². The van der Waals surface area contributed by atoms with Gasteiger partial charge in [-0.25, -0.2) is 4.98 Å². The number of halogens is 1. The van der Waals surface area contributed by atoms with Crippen molar-refractivity contribution in [1.82, 2.24) is 14.5 Å². The molecule has 126 valence electrons. The summed E-state index contributed by atoms with van der Waals surface area (Å²) in [6, 6.07) is 5.83. The summed E-state index contributed by atoms with van der Waals surface area (Å²) in [6.07, 6.45) is 6.05. The van der Waals surface area contributed by atoms with Gasteiger partial charge in [0.05, 0.1) is 6.04 Å². The van der Waals surface area contributed by atoms with E-state index in [9.17, 15) is 4.79 Å². The Balaban J connectivity index is 1.46. The molecule has 0 N–H and O–H groups in total. The first kappa shape index (κ1) is 15.5. The number of imidazole rings is 1. The molecule has 0 bridgehead atoms. The predicted octanol–water partition coefficient (Wildman–Crippen LogP) is 3.01. The zero-order valence-corrected chi connectivity index (χ0v) is 14.4.